The van der Waals surface area contributed by atoms with Gasteiger partial charge in [0, 0.05) is 11.3 Å². The number of rotatable bonds is 9. The standard InChI is InChI=1S/C22H25NO4/c1-17(2)15-26-14-13-23(21-11-9-20(10-12-21)18(3)24)22(25)27-16-19-7-5-4-6-8-19/h4-12H,1,13-16H2,2-3H3. The number of ketones is 1. The molecule has 0 unspecified atom stereocenters. The van der Waals surface area contributed by atoms with E-state index in [1.54, 1.807) is 24.3 Å². The Morgan fingerprint density at radius 3 is 2.26 bits per heavy atom. The van der Waals surface area contributed by atoms with Crippen molar-refractivity contribution < 1.29 is 19.1 Å². The minimum absolute atomic E-state index is 0.0236. The van der Waals surface area contributed by atoms with Crippen LogP contribution in [0.2, 0.25) is 0 Å². The number of amides is 1. The van der Waals surface area contributed by atoms with E-state index in [9.17, 15) is 9.59 Å². The smallest absolute Gasteiger partial charge is 0.414 e. The van der Waals surface area contributed by atoms with Crippen molar-refractivity contribution in [2.45, 2.75) is 20.5 Å². The van der Waals surface area contributed by atoms with Gasteiger partial charge in [-0.3, -0.25) is 9.69 Å². The Morgan fingerprint density at radius 2 is 1.67 bits per heavy atom. The van der Waals surface area contributed by atoms with E-state index in [0.29, 0.717) is 31.0 Å². The summed E-state index contributed by atoms with van der Waals surface area (Å²) >= 11 is 0. The van der Waals surface area contributed by atoms with Gasteiger partial charge in [0.1, 0.15) is 6.61 Å². The largest absolute Gasteiger partial charge is 0.444 e. The maximum absolute atomic E-state index is 12.6. The second-order valence-electron chi connectivity index (χ2n) is 6.30. The summed E-state index contributed by atoms with van der Waals surface area (Å²) in [7, 11) is 0. The quantitative estimate of drug-likeness (QED) is 0.368. The molecule has 0 aliphatic rings. The van der Waals surface area contributed by atoms with Gasteiger partial charge in [-0.15, -0.1) is 0 Å². The van der Waals surface area contributed by atoms with Crippen molar-refractivity contribution in [1.82, 2.24) is 0 Å². The van der Waals surface area contributed by atoms with Gasteiger partial charge < -0.3 is 9.47 Å². The number of hydrogen-bond donors (Lipinski definition) is 0. The molecular formula is C22H25NO4. The number of Topliss-reactive ketones (excluding diaryl/α,β-unsaturated/α-hetero) is 1. The van der Waals surface area contributed by atoms with Crippen molar-refractivity contribution in [2.24, 2.45) is 0 Å². The molecular weight excluding hydrogens is 342 g/mol. The first-order valence-corrected chi connectivity index (χ1v) is 8.78. The number of carbonyl (C=O) groups excluding carboxylic acids is 2. The molecule has 27 heavy (non-hydrogen) atoms. The van der Waals surface area contributed by atoms with E-state index >= 15 is 0 Å². The Morgan fingerprint density at radius 1 is 1.00 bits per heavy atom. The summed E-state index contributed by atoms with van der Waals surface area (Å²) in [6, 6.07) is 16.4. The van der Waals surface area contributed by atoms with Crippen molar-refractivity contribution in [3.8, 4) is 0 Å². The third-order valence-electron chi connectivity index (χ3n) is 3.82. The highest BCUT2D eigenvalue weighted by molar-refractivity contribution is 5.95. The average molecular weight is 367 g/mol. The van der Waals surface area contributed by atoms with E-state index in [-0.39, 0.29) is 12.4 Å². The highest BCUT2D eigenvalue weighted by Gasteiger charge is 2.17. The second kappa shape index (κ2) is 10.3. The molecule has 1 amide bonds. The molecule has 2 rings (SSSR count). The van der Waals surface area contributed by atoms with Gasteiger partial charge in [0.25, 0.3) is 0 Å². The molecule has 0 saturated carbocycles. The fourth-order valence-electron chi connectivity index (χ4n) is 2.40. The highest BCUT2D eigenvalue weighted by atomic mass is 16.6. The van der Waals surface area contributed by atoms with Crippen LogP contribution in [0.5, 0.6) is 0 Å². The molecule has 0 N–H and O–H groups in total. The van der Waals surface area contributed by atoms with Crippen molar-refractivity contribution in [1.29, 1.82) is 0 Å². The number of ether oxygens (including phenoxy) is 2. The average Bonchev–Trinajstić information content (AvgIpc) is 2.67. The predicted molar refractivity (Wildman–Crippen MR) is 106 cm³/mol. The zero-order valence-electron chi connectivity index (χ0n) is 15.8. The van der Waals surface area contributed by atoms with Crippen molar-refractivity contribution >= 4 is 17.6 Å². The zero-order chi connectivity index (χ0) is 19.6. The lowest BCUT2D eigenvalue weighted by Crippen LogP contribution is -2.34. The third kappa shape index (κ3) is 6.72. The van der Waals surface area contributed by atoms with Crippen LogP contribution in [0.15, 0.2) is 66.7 Å². The molecule has 2 aromatic carbocycles. The topological polar surface area (TPSA) is 55.8 Å². The molecule has 142 valence electrons. The summed E-state index contributed by atoms with van der Waals surface area (Å²) < 4.78 is 11.0. The van der Waals surface area contributed by atoms with E-state index in [2.05, 4.69) is 6.58 Å². The van der Waals surface area contributed by atoms with Crippen LogP contribution in [-0.2, 0) is 16.1 Å². The molecule has 2 aromatic rings. The van der Waals surface area contributed by atoms with E-state index in [0.717, 1.165) is 11.1 Å². The number of benzene rings is 2. The van der Waals surface area contributed by atoms with Crippen molar-refractivity contribution in [2.75, 3.05) is 24.7 Å². The van der Waals surface area contributed by atoms with E-state index < -0.39 is 6.09 Å². The summed E-state index contributed by atoms with van der Waals surface area (Å²) in [5, 5.41) is 0. The van der Waals surface area contributed by atoms with Crippen molar-refractivity contribution in [3.05, 3.63) is 77.9 Å². The molecule has 0 heterocycles. The zero-order valence-corrected chi connectivity index (χ0v) is 15.8. The SMILES string of the molecule is C=C(C)COCCN(C(=O)OCc1ccccc1)c1ccc(C(C)=O)cc1. The summed E-state index contributed by atoms with van der Waals surface area (Å²) in [6.07, 6.45) is -0.464. The molecule has 0 fully saturated rings. The molecule has 5 heteroatoms. The monoisotopic (exact) mass is 367 g/mol. The summed E-state index contributed by atoms with van der Waals surface area (Å²) in [5.74, 6) is -0.0236. The first-order valence-electron chi connectivity index (χ1n) is 8.78. The molecule has 0 radical (unpaired) electrons. The molecule has 0 saturated heterocycles. The highest BCUT2D eigenvalue weighted by Crippen LogP contribution is 2.17. The van der Waals surface area contributed by atoms with Crippen LogP contribution < -0.4 is 4.90 Å². The second-order valence-corrected chi connectivity index (χ2v) is 6.30. The lowest BCUT2D eigenvalue weighted by Gasteiger charge is -2.22. The number of nitrogens with zero attached hydrogens (tertiary/aromatic N) is 1. The van der Waals surface area contributed by atoms with Crippen LogP contribution in [0.25, 0.3) is 0 Å². The Bertz CT molecular complexity index is 769. The van der Waals surface area contributed by atoms with E-state index in [1.807, 2.05) is 37.3 Å². The van der Waals surface area contributed by atoms with Gasteiger partial charge in [0.15, 0.2) is 5.78 Å². The van der Waals surface area contributed by atoms with Crippen LogP contribution in [0.4, 0.5) is 10.5 Å². The van der Waals surface area contributed by atoms with E-state index in [1.165, 1.54) is 11.8 Å². The summed E-state index contributed by atoms with van der Waals surface area (Å²) in [6.45, 7) is 8.49. The molecule has 5 nitrogen and oxygen atoms in total. The van der Waals surface area contributed by atoms with Gasteiger partial charge in [-0.1, -0.05) is 42.5 Å². The molecule has 0 atom stereocenters. The molecule has 0 aliphatic carbocycles. The van der Waals surface area contributed by atoms with Gasteiger partial charge in [0.05, 0.1) is 19.8 Å². The molecule has 0 spiro atoms. The first kappa shape index (κ1) is 20.4. The Labute approximate surface area is 160 Å². The normalized spacial score (nSPS) is 10.3. The molecule has 0 aromatic heterocycles. The Hall–Kier alpha value is -2.92. The first-order chi connectivity index (χ1) is 13.0. The predicted octanol–water partition coefficient (Wildman–Crippen LogP) is 4.63. The fourth-order valence-corrected chi connectivity index (χ4v) is 2.40. The van der Waals surface area contributed by atoms with Gasteiger partial charge in [-0.2, -0.15) is 0 Å². The van der Waals surface area contributed by atoms with Crippen LogP contribution in [-0.4, -0.2) is 31.6 Å². The maximum Gasteiger partial charge on any atom is 0.414 e. The Kier molecular flexibility index (Phi) is 7.77. The van der Waals surface area contributed by atoms with Crippen LogP contribution >= 0.6 is 0 Å². The number of hydrogen-bond acceptors (Lipinski definition) is 4. The fraction of sp³-hybridized carbons (Fsp3) is 0.273. The van der Waals surface area contributed by atoms with Gasteiger partial charge in [-0.05, 0) is 43.7 Å². The van der Waals surface area contributed by atoms with Gasteiger partial charge in [0.2, 0.25) is 0 Å². The maximum atomic E-state index is 12.6. The summed E-state index contributed by atoms with van der Waals surface area (Å²) in [5.41, 5.74) is 3.07. The number of carbonyl (C=O) groups is 2. The number of anilines is 1. The van der Waals surface area contributed by atoms with Crippen LogP contribution in [0.3, 0.4) is 0 Å². The Balaban J connectivity index is 2.06. The van der Waals surface area contributed by atoms with Crippen LogP contribution in [0.1, 0.15) is 29.8 Å². The minimum Gasteiger partial charge on any atom is -0.444 e. The van der Waals surface area contributed by atoms with Crippen LogP contribution in [0, 0.1) is 0 Å². The van der Waals surface area contributed by atoms with E-state index in [4.69, 9.17) is 9.47 Å². The van der Waals surface area contributed by atoms with Crippen molar-refractivity contribution in [3.63, 3.8) is 0 Å². The molecule has 0 aliphatic heterocycles. The van der Waals surface area contributed by atoms with Gasteiger partial charge in [-0.25, -0.2) is 4.79 Å². The third-order valence-corrected chi connectivity index (χ3v) is 3.82. The van der Waals surface area contributed by atoms with Gasteiger partial charge >= 0.3 is 6.09 Å². The minimum atomic E-state index is -0.464. The summed E-state index contributed by atoms with van der Waals surface area (Å²) in [4.78, 5) is 25.6. The molecule has 0 bridgehead atoms. The lowest BCUT2D eigenvalue weighted by atomic mass is 10.1. The lowest BCUT2D eigenvalue weighted by molar-refractivity contribution is 0.101.